The van der Waals surface area contributed by atoms with Crippen molar-refractivity contribution in [1.82, 2.24) is 34.9 Å². The third-order valence-corrected chi connectivity index (χ3v) is 14.5. The van der Waals surface area contributed by atoms with Crippen molar-refractivity contribution in [1.29, 1.82) is 0 Å². The topological polar surface area (TPSA) is 200 Å². The Morgan fingerprint density at radius 3 is 2.55 bits per heavy atom. The van der Waals surface area contributed by atoms with Crippen LogP contribution in [0.15, 0.2) is 60.7 Å². The molecular formula is C44H50FN7O9S. The largest absolute Gasteiger partial charge is 0.494 e. The predicted octanol–water partition coefficient (Wildman–Crippen LogP) is 5.09. The van der Waals surface area contributed by atoms with E-state index < -0.39 is 74.5 Å². The number of sulfonamides is 1. The molecule has 1 saturated heterocycles. The highest BCUT2D eigenvalue weighted by atomic mass is 32.2. The summed E-state index contributed by atoms with van der Waals surface area (Å²) in [5.41, 5.74) is -0.212. The van der Waals surface area contributed by atoms with Gasteiger partial charge in [0.1, 0.15) is 29.8 Å². The molecule has 18 heteroatoms. The van der Waals surface area contributed by atoms with Gasteiger partial charge in [0.15, 0.2) is 17.2 Å². The Hall–Kier alpha value is -5.78. The summed E-state index contributed by atoms with van der Waals surface area (Å²) in [4.78, 5) is 62.8. The SMILES string of the molecule is COc1cccc(-c2cc(O[C@@H]3C[C@H]4C(=O)N[C@]5(C(=O)NS(=O)(=O)C6CC6)C[C@H]5/C=C\CCCCC[C@@H](NC(=O)OC5CCCC5)C(=O)N4C3)n3nc4ccccc4c3n2)c1F. The van der Waals surface area contributed by atoms with Gasteiger partial charge in [0, 0.05) is 29.4 Å². The maximum absolute atomic E-state index is 15.8. The average Bonchev–Trinajstić information content (AvgIpc) is 4.06. The van der Waals surface area contributed by atoms with Gasteiger partial charge in [-0.05, 0) is 88.5 Å². The Kier molecular flexibility index (Phi) is 11.3. The van der Waals surface area contributed by atoms with Crippen LogP contribution < -0.4 is 24.8 Å². The summed E-state index contributed by atoms with van der Waals surface area (Å²) < 4.78 is 63.1. The molecule has 0 bridgehead atoms. The number of hydrogen-bond acceptors (Lipinski definition) is 11. The Labute approximate surface area is 358 Å². The molecular weight excluding hydrogens is 822 g/mol. The fraction of sp³-hybridized carbons (Fsp3) is 0.500. The number of amides is 4. The zero-order valence-corrected chi connectivity index (χ0v) is 35.2. The van der Waals surface area contributed by atoms with Gasteiger partial charge in [-0.3, -0.25) is 19.1 Å². The van der Waals surface area contributed by atoms with Crippen molar-refractivity contribution < 1.29 is 46.2 Å². The molecule has 4 fully saturated rings. The van der Waals surface area contributed by atoms with Gasteiger partial charge in [0.05, 0.1) is 30.1 Å². The molecule has 9 rings (SSSR count). The second kappa shape index (κ2) is 16.8. The van der Waals surface area contributed by atoms with Crippen LogP contribution in [0.25, 0.3) is 27.8 Å². The molecule has 2 aromatic heterocycles. The summed E-state index contributed by atoms with van der Waals surface area (Å²) in [5.74, 6) is -2.95. The standard InChI is InChI=1S/C44H50FN7O9S/c1-59-36-19-11-16-30(38(36)45)34-23-37(52-39(46-34)31-15-9-10-17-32(31)49-52)60-28-22-35-40(53)48-44(42(55)50-62(57,58)29-20-21-29)24-26(44)12-5-3-2-4-6-18-33(41(54)51(35)25-28)47-43(56)61-27-13-7-8-14-27/h5,9-12,15-17,19,23,26-29,33,35H,2-4,6-8,13-14,18,20-22,24-25H2,1H3,(H,47,56)(H,48,53)(H,50,55)/b12-5-/t26-,28-,33-,35+,44-/m1/s1. The minimum absolute atomic E-state index is 0.0232. The van der Waals surface area contributed by atoms with Crippen LogP contribution in [0.3, 0.4) is 0 Å². The lowest BCUT2D eigenvalue weighted by atomic mass is 10.0. The summed E-state index contributed by atoms with van der Waals surface area (Å²) in [6.45, 7) is -0.112. The van der Waals surface area contributed by atoms with E-state index >= 15 is 4.39 Å². The normalized spacial score (nSPS) is 26.5. The van der Waals surface area contributed by atoms with E-state index in [4.69, 9.17) is 24.3 Å². The Morgan fingerprint density at radius 2 is 1.76 bits per heavy atom. The van der Waals surface area contributed by atoms with Crippen molar-refractivity contribution >= 4 is 50.4 Å². The van der Waals surface area contributed by atoms with Crippen molar-refractivity contribution in [2.45, 2.75) is 119 Å². The number of aromatic nitrogens is 3. The lowest BCUT2D eigenvalue weighted by Crippen LogP contribution is -2.58. The van der Waals surface area contributed by atoms with Gasteiger partial charge in [0.25, 0.3) is 5.91 Å². The molecule has 3 aliphatic carbocycles. The van der Waals surface area contributed by atoms with E-state index in [9.17, 15) is 27.6 Å². The van der Waals surface area contributed by atoms with Crippen molar-refractivity contribution in [3.8, 4) is 22.9 Å². The van der Waals surface area contributed by atoms with E-state index in [1.807, 2.05) is 36.4 Å². The maximum atomic E-state index is 15.8. The number of fused-ring (bicyclic) bond motifs is 5. The van der Waals surface area contributed by atoms with Crippen LogP contribution in [0.4, 0.5) is 9.18 Å². The Balaban J connectivity index is 1.07. The second-order valence-corrected chi connectivity index (χ2v) is 19.0. The zero-order valence-electron chi connectivity index (χ0n) is 34.4. The highest BCUT2D eigenvalue weighted by Gasteiger charge is 2.62. The third kappa shape index (κ3) is 8.28. The summed E-state index contributed by atoms with van der Waals surface area (Å²) in [6, 6.07) is 11.3. The van der Waals surface area contributed by atoms with Crippen LogP contribution >= 0.6 is 0 Å². The van der Waals surface area contributed by atoms with Gasteiger partial charge in [0.2, 0.25) is 27.7 Å². The molecule has 4 amide bonds. The van der Waals surface area contributed by atoms with Crippen LogP contribution in [-0.2, 0) is 29.1 Å². The van der Waals surface area contributed by atoms with Crippen LogP contribution in [-0.4, -0.2) is 100 Å². The van der Waals surface area contributed by atoms with Crippen LogP contribution in [0.2, 0.25) is 0 Å². The first-order valence-corrected chi connectivity index (χ1v) is 23.1. The van der Waals surface area contributed by atoms with Gasteiger partial charge in [-0.25, -0.2) is 22.6 Å². The quantitative estimate of drug-likeness (QED) is 0.190. The number of halogens is 1. The number of carbonyl (C=O) groups excluding carboxylic acids is 4. The minimum atomic E-state index is -3.94. The Morgan fingerprint density at radius 1 is 0.968 bits per heavy atom. The van der Waals surface area contributed by atoms with E-state index in [0.29, 0.717) is 42.2 Å². The van der Waals surface area contributed by atoms with Gasteiger partial charge in [-0.1, -0.05) is 43.2 Å². The molecule has 4 heterocycles. The van der Waals surface area contributed by atoms with Crippen LogP contribution in [0.5, 0.6) is 11.6 Å². The number of ether oxygens (including phenoxy) is 3. The first-order chi connectivity index (χ1) is 29.9. The summed E-state index contributed by atoms with van der Waals surface area (Å²) in [5, 5.41) is 10.4. The van der Waals surface area contributed by atoms with E-state index in [0.717, 1.165) is 38.5 Å². The molecule has 16 nitrogen and oxygen atoms in total. The minimum Gasteiger partial charge on any atom is -0.494 e. The number of nitrogens with zero attached hydrogens (tertiary/aromatic N) is 4. The fourth-order valence-electron chi connectivity index (χ4n) is 9.04. The van der Waals surface area contributed by atoms with Crippen molar-refractivity contribution in [3.05, 3.63) is 66.5 Å². The number of nitrogens with one attached hydrogen (secondary N) is 3. The van der Waals surface area contributed by atoms with Gasteiger partial charge < -0.3 is 29.7 Å². The number of allylic oxidation sites excluding steroid dienone is 1. The first kappa shape index (κ1) is 41.6. The smallest absolute Gasteiger partial charge is 0.408 e. The molecule has 62 heavy (non-hydrogen) atoms. The van der Waals surface area contributed by atoms with Gasteiger partial charge in [-0.15, -0.1) is 0 Å². The molecule has 0 radical (unpaired) electrons. The number of hydrogen-bond donors (Lipinski definition) is 3. The first-order valence-electron chi connectivity index (χ1n) is 21.5. The molecule has 0 unspecified atom stereocenters. The fourth-order valence-corrected chi connectivity index (χ4v) is 10.4. The molecule has 4 aromatic rings. The molecule has 5 atom stereocenters. The summed E-state index contributed by atoms with van der Waals surface area (Å²) in [7, 11) is -2.57. The lowest BCUT2D eigenvalue weighted by molar-refractivity contribution is -0.141. The summed E-state index contributed by atoms with van der Waals surface area (Å²) >= 11 is 0. The highest BCUT2D eigenvalue weighted by Crippen LogP contribution is 2.46. The molecule has 2 aliphatic heterocycles. The molecule has 5 aliphatic rings. The third-order valence-electron chi connectivity index (χ3n) is 12.7. The number of rotatable bonds is 9. The maximum Gasteiger partial charge on any atom is 0.408 e. The number of carbonyl (C=O) groups is 4. The average molecular weight is 872 g/mol. The summed E-state index contributed by atoms with van der Waals surface area (Å²) in [6.07, 6.45) is 9.43. The van der Waals surface area contributed by atoms with Crippen molar-refractivity contribution in [2.75, 3.05) is 13.7 Å². The van der Waals surface area contributed by atoms with Crippen molar-refractivity contribution in [2.24, 2.45) is 5.92 Å². The van der Waals surface area contributed by atoms with E-state index in [2.05, 4.69) is 15.4 Å². The number of alkyl carbamates (subject to hydrolysis) is 1. The molecule has 328 valence electrons. The number of methoxy groups -OCH3 is 1. The molecule has 3 saturated carbocycles. The monoisotopic (exact) mass is 871 g/mol. The molecule has 2 aromatic carbocycles. The van der Waals surface area contributed by atoms with Crippen LogP contribution in [0.1, 0.15) is 83.5 Å². The number of benzene rings is 2. The van der Waals surface area contributed by atoms with Crippen molar-refractivity contribution in [3.63, 3.8) is 0 Å². The highest BCUT2D eigenvalue weighted by molar-refractivity contribution is 7.91. The van der Waals surface area contributed by atoms with E-state index in [1.54, 1.807) is 18.2 Å². The van der Waals surface area contributed by atoms with Crippen LogP contribution in [0, 0.1) is 11.7 Å². The van der Waals surface area contributed by atoms with E-state index in [1.165, 1.54) is 22.6 Å². The van der Waals surface area contributed by atoms with E-state index in [-0.39, 0.29) is 54.8 Å². The van der Waals surface area contributed by atoms with Gasteiger partial charge in [-0.2, -0.15) is 9.61 Å². The predicted molar refractivity (Wildman–Crippen MR) is 224 cm³/mol. The molecule has 3 N–H and O–H groups in total. The lowest BCUT2D eigenvalue weighted by Gasteiger charge is -2.30. The Bertz CT molecular complexity index is 2560. The second-order valence-electron chi connectivity index (χ2n) is 17.1. The molecule has 0 spiro atoms. The zero-order chi connectivity index (χ0) is 43.2. The van der Waals surface area contributed by atoms with Gasteiger partial charge >= 0.3 is 6.09 Å².